The molecule has 0 aromatic heterocycles. The largest absolute Gasteiger partial charge is 0.379 e. The van der Waals surface area contributed by atoms with Gasteiger partial charge in [-0.2, -0.15) is 0 Å². The lowest BCUT2D eigenvalue weighted by Crippen LogP contribution is -2.37. The molecule has 0 aliphatic heterocycles. The van der Waals surface area contributed by atoms with Gasteiger partial charge in [0.15, 0.2) is 5.96 Å². The predicted molar refractivity (Wildman–Crippen MR) is 86.7 cm³/mol. The van der Waals surface area contributed by atoms with Crippen molar-refractivity contribution in [1.82, 2.24) is 5.32 Å². The first-order valence-corrected chi connectivity index (χ1v) is 6.38. The molecule has 0 aliphatic rings. The van der Waals surface area contributed by atoms with E-state index in [-0.39, 0.29) is 24.0 Å². The first-order valence-electron chi connectivity index (χ1n) is 6.38. The zero-order valence-corrected chi connectivity index (χ0v) is 14.1. The van der Waals surface area contributed by atoms with Crippen LogP contribution in [0.1, 0.15) is 33.6 Å². The second-order valence-corrected chi connectivity index (χ2v) is 4.14. The standard InChI is InChI=1S/C12H27N3O2.HI/c1-4-5-7-16-9-10-17-8-6-14-12(13)15-11(2)3;/h11H,4-10H2,1-3H3,(H3,13,14,15);1H. The Bertz CT molecular complexity index is 202. The first-order chi connectivity index (χ1) is 8.16. The topological polar surface area (TPSA) is 68.9 Å². The third kappa shape index (κ3) is 15.9. The summed E-state index contributed by atoms with van der Waals surface area (Å²) in [5.74, 6) is 0.475. The van der Waals surface area contributed by atoms with Crippen LogP contribution >= 0.6 is 24.0 Å². The van der Waals surface area contributed by atoms with Crippen LogP contribution in [0.2, 0.25) is 0 Å². The Hall–Kier alpha value is -0.0800. The average molecular weight is 373 g/mol. The van der Waals surface area contributed by atoms with Crippen LogP contribution in [-0.2, 0) is 9.47 Å². The molecule has 0 aromatic rings. The molecule has 0 saturated carbocycles. The number of halogens is 1. The maximum Gasteiger partial charge on any atom is 0.188 e. The van der Waals surface area contributed by atoms with Crippen LogP contribution in [0.15, 0.2) is 4.99 Å². The third-order valence-electron chi connectivity index (χ3n) is 1.97. The zero-order valence-electron chi connectivity index (χ0n) is 11.8. The van der Waals surface area contributed by atoms with E-state index in [0.29, 0.717) is 38.4 Å². The van der Waals surface area contributed by atoms with Crippen LogP contribution in [0.3, 0.4) is 0 Å². The lowest BCUT2D eigenvalue weighted by atomic mass is 10.4. The van der Waals surface area contributed by atoms with Gasteiger partial charge >= 0.3 is 0 Å². The molecule has 0 aliphatic carbocycles. The molecule has 3 N–H and O–H groups in total. The number of nitrogens with one attached hydrogen (secondary N) is 1. The third-order valence-corrected chi connectivity index (χ3v) is 1.97. The molecule has 0 spiro atoms. The highest BCUT2D eigenvalue weighted by molar-refractivity contribution is 14.0. The van der Waals surface area contributed by atoms with Crippen LogP contribution < -0.4 is 11.1 Å². The Morgan fingerprint density at radius 1 is 1.17 bits per heavy atom. The summed E-state index contributed by atoms with van der Waals surface area (Å²) < 4.78 is 10.7. The molecule has 5 nitrogen and oxygen atoms in total. The highest BCUT2D eigenvalue weighted by atomic mass is 127. The summed E-state index contributed by atoms with van der Waals surface area (Å²) in [5, 5.41) is 3.02. The number of aliphatic imine (C=N–C) groups is 1. The molecule has 0 heterocycles. The van der Waals surface area contributed by atoms with Crippen LogP contribution in [-0.4, -0.2) is 45.0 Å². The summed E-state index contributed by atoms with van der Waals surface area (Å²) in [4.78, 5) is 4.13. The first kappa shape index (κ1) is 20.2. The van der Waals surface area contributed by atoms with Crippen LogP contribution in [0, 0.1) is 0 Å². The van der Waals surface area contributed by atoms with Crippen molar-refractivity contribution in [3.63, 3.8) is 0 Å². The lowest BCUT2D eigenvalue weighted by molar-refractivity contribution is 0.0497. The fraction of sp³-hybridized carbons (Fsp3) is 0.917. The zero-order chi connectivity index (χ0) is 12.9. The minimum absolute atomic E-state index is 0. The normalized spacial score (nSPS) is 11.4. The van der Waals surface area contributed by atoms with E-state index in [1.54, 1.807) is 0 Å². The minimum Gasteiger partial charge on any atom is -0.379 e. The Balaban J connectivity index is 0. The fourth-order valence-corrected chi connectivity index (χ4v) is 1.14. The van der Waals surface area contributed by atoms with Gasteiger partial charge in [-0.25, -0.2) is 0 Å². The summed E-state index contributed by atoms with van der Waals surface area (Å²) in [6.07, 6.45) is 2.28. The second-order valence-electron chi connectivity index (χ2n) is 4.14. The number of nitrogens with zero attached hydrogens (tertiary/aromatic N) is 1. The van der Waals surface area contributed by atoms with E-state index < -0.39 is 0 Å². The molecule has 0 bridgehead atoms. The SMILES string of the molecule is CCCCOCCOCCN=C(N)NC(C)C.I. The van der Waals surface area contributed by atoms with E-state index in [1.165, 1.54) is 0 Å². The van der Waals surface area contributed by atoms with Crippen molar-refractivity contribution in [2.45, 2.75) is 39.7 Å². The van der Waals surface area contributed by atoms with Gasteiger partial charge in [-0.05, 0) is 20.3 Å². The molecule has 6 heteroatoms. The lowest BCUT2D eigenvalue weighted by Gasteiger charge is -2.08. The molecular formula is C12H28IN3O2. The summed E-state index contributed by atoms with van der Waals surface area (Å²) in [5.41, 5.74) is 5.63. The van der Waals surface area contributed by atoms with Crippen molar-refractivity contribution in [3.05, 3.63) is 0 Å². The second kappa shape index (κ2) is 15.0. The summed E-state index contributed by atoms with van der Waals surface area (Å²) in [6.45, 7) is 9.45. The van der Waals surface area contributed by atoms with Crippen molar-refractivity contribution in [2.24, 2.45) is 10.7 Å². The van der Waals surface area contributed by atoms with E-state index in [1.807, 2.05) is 13.8 Å². The fourth-order valence-electron chi connectivity index (χ4n) is 1.14. The highest BCUT2D eigenvalue weighted by Crippen LogP contribution is 1.87. The van der Waals surface area contributed by atoms with Gasteiger partial charge in [0, 0.05) is 12.6 Å². The number of unbranched alkanes of at least 4 members (excludes halogenated alkanes) is 1. The molecule has 110 valence electrons. The molecule has 18 heavy (non-hydrogen) atoms. The van der Waals surface area contributed by atoms with E-state index in [2.05, 4.69) is 17.2 Å². The summed E-state index contributed by atoms with van der Waals surface area (Å²) in [7, 11) is 0. The molecule has 0 unspecified atom stereocenters. The molecule has 0 aromatic carbocycles. The smallest absolute Gasteiger partial charge is 0.188 e. The van der Waals surface area contributed by atoms with Crippen LogP contribution in [0.25, 0.3) is 0 Å². The molecule has 0 radical (unpaired) electrons. The van der Waals surface area contributed by atoms with Gasteiger partial charge in [0.25, 0.3) is 0 Å². The highest BCUT2D eigenvalue weighted by Gasteiger charge is 1.94. The molecule has 0 fully saturated rings. The van der Waals surface area contributed by atoms with Gasteiger partial charge in [-0.3, -0.25) is 4.99 Å². The number of hydrogen-bond donors (Lipinski definition) is 2. The van der Waals surface area contributed by atoms with Gasteiger partial charge < -0.3 is 20.5 Å². The predicted octanol–water partition coefficient (Wildman–Crippen LogP) is 1.75. The van der Waals surface area contributed by atoms with E-state index in [4.69, 9.17) is 15.2 Å². The van der Waals surface area contributed by atoms with Gasteiger partial charge in [0.05, 0.1) is 26.4 Å². The molecule has 0 rings (SSSR count). The summed E-state index contributed by atoms with van der Waals surface area (Å²) in [6, 6.07) is 0.312. The van der Waals surface area contributed by atoms with Crippen LogP contribution in [0.5, 0.6) is 0 Å². The van der Waals surface area contributed by atoms with E-state index in [0.717, 1.165) is 19.4 Å². The van der Waals surface area contributed by atoms with E-state index >= 15 is 0 Å². The Morgan fingerprint density at radius 2 is 1.78 bits per heavy atom. The number of nitrogens with two attached hydrogens (primary N) is 1. The van der Waals surface area contributed by atoms with Crippen molar-refractivity contribution >= 4 is 29.9 Å². The molecular weight excluding hydrogens is 345 g/mol. The van der Waals surface area contributed by atoms with Gasteiger partial charge in [-0.15, -0.1) is 24.0 Å². The molecule has 0 saturated heterocycles. The minimum atomic E-state index is 0. The number of ether oxygens (including phenoxy) is 2. The number of rotatable bonds is 10. The van der Waals surface area contributed by atoms with Crippen molar-refractivity contribution < 1.29 is 9.47 Å². The van der Waals surface area contributed by atoms with Crippen molar-refractivity contribution in [3.8, 4) is 0 Å². The van der Waals surface area contributed by atoms with E-state index in [9.17, 15) is 0 Å². The summed E-state index contributed by atoms with van der Waals surface area (Å²) >= 11 is 0. The molecule has 0 amide bonds. The Labute approximate surface area is 128 Å². The van der Waals surface area contributed by atoms with Gasteiger partial charge in [0.1, 0.15) is 0 Å². The van der Waals surface area contributed by atoms with Crippen molar-refractivity contribution in [2.75, 3.05) is 33.0 Å². The Morgan fingerprint density at radius 3 is 2.33 bits per heavy atom. The molecule has 0 atom stereocenters. The maximum absolute atomic E-state index is 5.63. The number of guanidine groups is 1. The Kier molecular flexibility index (Phi) is 16.8. The quantitative estimate of drug-likeness (QED) is 0.265. The maximum atomic E-state index is 5.63. The number of hydrogen-bond acceptors (Lipinski definition) is 3. The average Bonchev–Trinajstić information content (AvgIpc) is 2.26. The van der Waals surface area contributed by atoms with Crippen LogP contribution in [0.4, 0.5) is 0 Å². The van der Waals surface area contributed by atoms with Crippen molar-refractivity contribution in [1.29, 1.82) is 0 Å². The van der Waals surface area contributed by atoms with Gasteiger partial charge in [-0.1, -0.05) is 13.3 Å². The monoisotopic (exact) mass is 373 g/mol. The van der Waals surface area contributed by atoms with Gasteiger partial charge in [0.2, 0.25) is 0 Å².